The Morgan fingerprint density at radius 3 is 1.67 bits per heavy atom. The van der Waals surface area contributed by atoms with Gasteiger partial charge in [0.2, 0.25) is 0 Å². The molecule has 2 N–H and O–H groups in total. The minimum Gasteiger partial charge on any atom is -0.427 e. The van der Waals surface area contributed by atoms with Crippen LogP contribution in [0.3, 0.4) is 0 Å². The normalized spacial score (nSPS) is 15.0. The average Bonchev–Trinajstić information content (AvgIpc) is 2.83. The van der Waals surface area contributed by atoms with E-state index in [1.165, 1.54) is 0 Å². The summed E-state index contributed by atoms with van der Waals surface area (Å²) in [6, 6.07) is 0. The highest BCUT2D eigenvalue weighted by Crippen LogP contribution is 2.36. The maximum absolute atomic E-state index is 8.25. The Hall–Kier alpha value is -0.0951. The first-order valence-electron chi connectivity index (χ1n) is 4.06. The van der Waals surface area contributed by atoms with Crippen molar-refractivity contribution in [1.29, 1.82) is 0 Å². The maximum Gasteiger partial charge on any atom is 0.454 e. The van der Waals surface area contributed by atoms with Crippen LogP contribution in [-0.2, 0) is 9.47 Å². The molecule has 0 aliphatic heterocycles. The van der Waals surface area contributed by atoms with E-state index < -0.39 is 7.12 Å². The molecule has 4 nitrogen and oxygen atoms in total. The zero-order valence-electron chi connectivity index (χ0n) is 7.69. The van der Waals surface area contributed by atoms with Crippen molar-refractivity contribution in [3.63, 3.8) is 0 Å². The molecule has 0 spiro atoms. The second kappa shape index (κ2) is 7.55. The van der Waals surface area contributed by atoms with Gasteiger partial charge in [-0.3, -0.25) is 0 Å². The van der Waals surface area contributed by atoms with Crippen molar-refractivity contribution in [3.05, 3.63) is 0 Å². The summed E-state index contributed by atoms with van der Waals surface area (Å²) >= 11 is 0. The second-order valence-corrected chi connectivity index (χ2v) is 2.74. The van der Waals surface area contributed by atoms with Crippen molar-refractivity contribution in [2.75, 3.05) is 27.4 Å². The Balaban J connectivity index is 0.000000202. The number of hydrogen-bond donors (Lipinski definition) is 2. The third-order valence-corrected chi connectivity index (χ3v) is 1.54. The highest BCUT2D eigenvalue weighted by molar-refractivity contribution is 6.44. The first-order chi connectivity index (χ1) is 5.72. The predicted octanol–water partition coefficient (Wildman–Crippen LogP) is -0.0976. The summed E-state index contributed by atoms with van der Waals surface area (Å²) in [6.45, 7) is 1.38. The molecule has 1 rings (SSSR count). The van der Waals surface area contributed by atoms with E-state index in [4.69, 9.17) is 10.0 Å². The molecule has 0 atom stereocenters. The van der Waals surface area contributed by atoms with Crippen LogP contribution in [0.5, 0.6) is 0 Å². The van der Waals surface area contributed by atoms with Crippen LogP contribution in [0.1, 0.15) is 12.8 Å². The van der Waals surface area contributed by atoms with E-state index in [1.54, 1.807) is 14.2 Å². The largest absolute Gasteiger partial charge is 0.454 e. The van der Waals surface area contributed by atoms with Gasteiger partial charge in [-0.2, -0.15) is 0 Å². The summed E-state index contributed by atoms with van der Waals surface area (Å²) in [5.41, 5.74) is 0. The fraction of sp³-hybridized carbons (Fsp3) is 1.00. The molecule has 0 bridgehead atoms. The van der Waals surface area contributed by atoms with Gasteiger partial charge in [0.25, 0.3) is 0 Å². The van der Waals surface area contributed by atoms with E-state index in [9.17, 15) is 0 Å². The average molecular weight is 176 g/mol. The maximum atomic E-state index is 8.25. The van der Waals surface area contributed by atoms with Crippen LogP contribution in [0.15, 0.2) is 0 Å². The summed E-state index contributed by atoms with van der Waals surface area (Å²) in [4.78, 5) is 0. The zero-order valence-corrected chi connectivity index (χ0v) is 7.69. The van der Waals surface area contributed by atoms with Gasteiger partial charge in [-0.15, -0.1) is 0 Å². The van der Waals surface area contributed by atoms with Gasteiger partial charge in [0.05, 0.1) is 13.2 Å². The van der Waals surface area contributed by atoms with Crippen molar-refractivity contribution in [2.24, 2.45) is 0 Å². The molecular weight excluding hydrogens is 159 g/mol. The predicted molar refractivity (Wildman–Crippen MR) is 46.9 cm³/mol. The molecule has 0 amide bonds. The van der Waals surface area contributed by atoms with Gasteiger partial charge in [-0.1, -0.05) is 12.8 Å². The molecule has 1 fully saturated rings. The van der Waals surface area contributed by atoms with E-state index in [2.05, 4.69) is 9.47 Å². The van der Waals surface area contributed by atoms with Crippen LogP contribution in [0.25, 0.3) is 0 Å². The number of methoxy groups -OCH3 is 2. The number of ether oxygens (including phenoxy) is 2. The second-order valence-electron chi connectivity index (χ2n) is 2.74. The quantitative estimate of drug-likeness (QED) is 0.464. The number of rotatable bonds is 4. The van der Waals surface area contributed by atoms with E-state index in [-0.39, 0.29) is 5.82 Å². The fourth-order valence-electron chi connectivity index (χ4n) is 0.561. The fourth-order valence-corrected chi connectivity index (χ4v) is 0.561. The Morgan fingerprint density at radius 2 is 1.58 bits per heavy atom. The van der Waals surface area contributed by atoms with Crippen molar-refractivity contribution >= 4 is 7.12 Å². The van der Waals surface area contributed by atoms with Crippen LogP contribution >= 0.6 is 0 Å². The lowest BCUT2D eigenvalue weighted by atomic mass is 9.84. The van der Waals surface area contributed by atoms with Crippen molar-refractivity contribution in [2.45, 2.75) is 18.7 Å². The highest BCUT2D eigenvalue weighted by atomic mass is 16.5. The van der Waals surface area contributed by atoms with Crippen molar-refractivity contribution in [3.8, 4) is 0 Å². The molecule has 0 aromatic rings. The smallest absolute Gasteiger partial charge is 0.427 e. The summed E-state index contributed by atoms with van der Waals surface area (Å²) in [5, 5.41) is 16.5. The van der Waals surface area contributed by atoms with Gasteiger partial charge < -0.3 is 19.5 Å². The summed E-state index contributed by atoms with van der Waals surface area (Å²) < 4.78 is 9.31. The lowest BCUT2D eigenvalue weighted by Crippen LogP contribution is -2.09. The molecular formula is C7H17BO4. The molecule has 12 heavy (non-hydrogen) atoms. The lowest BCUT2D eigenvalue weighted by Gasteiger charge is -1.91. The molecule has 1 aliphatic rings. The molecule has 0 aromatic heterocycles. The van der Waals surface area contributed by atoms with Crippen LogP contribution in [-0.4, -0.2) is 44.6 Å². The Morgan fingerprint density at radius 1 is 1.17 bits per heavy atom. The standard InChI is InChI=1S/C4H10O2.C3H7BO2/c1-5-3-4-6-2;5-4(6)3-1-2-3/h3-4H2,1-2H3;3,5-6H,1-2H2. The van der Waals surface area contributed by atoms with Gasteiger partial charge in [0, 0.05) is 14.2 Å². The molecule has 0 unspecified atom stereocenters. The third kappa shape index (κ3) is 8.01. The SMILES string of the molecule is COCCOC.OB(O)C1CC1. The molecule has 0 aromatic carbocycles. The number of hydrogen-bond acceptors (Lipinski definition) is 4. The zero-order chi connectivity index (χ0) is 9.40. The Labute approximate surface area is 73.6 Å². The monoisotopic (exact) mass is 176 g/mol. The van der Waals surface area contributed by atoms with E-state index >= 15 is 0 Å². The molecule has 72 valence electrons. The third-order valence-electron chi connectivity index (χ3n) is 1.54. The van der Waals surface area contributed by atoms with E-state index in [1.807, 2.05) is 0 Å². The van der Waals surface area contributed by atoms with E-state index in [0.717, 1.165) is 12.8 Å². The van der Waals surface area contributed by atoms with E-state index in [0.29, 0.717) is 13.2 Å². The first kappa shape index (κ1) is 11.9. The Kier molecular flexibility index (Phi) is 7.49. The van der Waals surface area contributed by atoms with Crippen molar-refractivity contribution in [1.82, 2.24) is 0 Å². The van der Waals surface area contributed by atoms with Crippen molar-refractivity contribution < 1.29 is 19.5 Å². The minimum absolute atomic E-state index is 0.213. The molecule has 0 heterocycles. The summed E-state index contributed by atoms with van der Waals surface area (Å²) in [6.07, 6.45) is 2.00. The molecule has 0 radical (unpaired) electrons. The molecule has 5 heteroatoms. The molecule has 1 saturated carbocycles. The first-order valence-corrected chi connectivity index (χ1v) is 4.06. The van der Waals surface area contributed by atoms with Gasteiger partial charge in [0.1, 0.15) is 0 Å². The van der Waals surface area contributed by atoms with Crippen LogP contribution < -0.4 is 0 Å². The Bertz CT molecular complexity index is 91.4. The van der Waals surface area contributed by atoms with Crippen LogP contribution in [0, 0.1) is 0 Å². The topological polar surface area (TPSA) is 58.9 Å². The summed E-state index contributed by atoms with van der Waals surface area (Å²) in [5.74, 6) is 0.213. The van der Waals surface area contributed by atoms with Gasteiger partial charge in [-0.05, 0) is 5.82 Å². The molecule has 0 saturated heterocycles. The van der Waals surface area contributed by atoms with Gasteiger partial charge in [0.15, 0.2) is 0 Å². The molecule has 1 aliphatic carbocycles. The van der Waals surface area contributed by atoms with Gasteiger partial charge in [-0.25, -0.2) is 0 Å². The van der Waals surface area contributed by atoms with Crippen LogP contribution in [0.4, 0.5) is 0 Å². The summed E-state index contributed by atoms with van der Waals surface area (Å²) in [7, 11) is 2.27. The van der Waals surface area contributed by atoms with Crippen LogP contribution in [0.2, 0.25) is 5.82 Å². The lowest BCUT2D eigenvalue weighted by molar-refractivity contribution is 0.103. The van der Waals surface area contributed by atoms with Gasteiger partial charge >= 0.3 is 7.12 Å². The minimum atomic E-state index is -1.04. The highest BCUT2D eigenvalue weighted by Gasteiger charge is 2.33.